The maximum Gasteiger partial charge on any atom is 0.144 e. The first-order valence-electron chi connectivity index (χ1n) is 6.39. The topological polar surface area (TPSA) is 51.6 Å². The highest BCUT2D eigenvalue weighted by molar-refractivity contribution is 5.73. The Bertz CT molecular complexity index is 549. The van der Waals surface area contributed by atoms with Crippen molar-refractivity contribution in [2.75, 3.05) is 24.3 Å². The summed E-state index contributed by atoms with van der Waals surface area (Å²) in [5.74, 6) is 2.56. The number of hydrogen-bond acceptors (Lipinski definition) is 4. The van der Waals surface area contributed by atoms with Gasteiger partial charge in [0.2, 0.25) is 0 Å². The fourth-order valence-electron chi connectivity index (χ4n) is 2.04. The summed E-state index contributed by atoms with van der Waals surface area (Å²) >= 11 is 0. The Balaban J connectivity index is 2.18. The molecule has 0 aliphatic rings. The third-order valence-electron chi connectivity index (χ3n) is 2.94. The molecule has 2 aromatic rings. The summed E-state index contributed by atoms with van der Waals surface area (Å²) in [6.45, 7) is 5.16. The molecule has 0 fully saturated rings. The quantitative estimate of drug-likeness (QED) is 0.839. The predicted octanol–water partition coefficient (Wildman–Crippen LogP) is 3.21. The van der Waals surface area contributed by atoms with Gasteiger partial charge in [0.25, 0.3) is 0 Å². The van der Waals surface area contributed by atoms with E-state index in [9.17, 15) is 0 Å². The molecule has 19 heavy (non-hydrogen) atoms. The average Bonchev–Trinajstić information content (AvgIpc) is 2.77. The van der Waals surface area contributed by atoms with E-state index < -0.39 is 0 Å². The first-order valence-corrected chi connectivity index (χ1v) is 6.39. The minimum atomic E-state index is 0.606. The largest absolute Gasteiger partial charge is 0.492 e. The lowest BCUT2D eigenvalue weighted by atomic mass is 10.2. The zero-order valence-corrected chi connectivity index (χ0v) is 11.6. The van der Waals surface area contributed by atoms with Crippen LogP contribution in [0.2, 0.25) is 0 Å². The summed E-state index contributed by atoms with van der Waals surface area (Å²) in [6, 6.07) is 9.75. The third-order valence-corrected chi connectivity index (χ3v) is 2.94. The molecule has 0 saturated carbocycles. The van der Waals surface area contributed by atoms with Gasteiger partial charge in [-0.15, -0.1) is 0 Å². The van der Waals surface area contributed by atoms with Crippen molar-refractivity contribution in [1.29, 1.82) is 0 Å². The third kappa shape index (κ3) is 3.02. The molecule has 0 radical (unpaired) electrons. The number of ether oxygens (including phenoxy) is 1. The standard InChI is InChI=1S/C15H20N2O2/c1-4-18-14-7-5-6-13(15(14)16)17(3)10-12-9-8-11(2)19-12/h5-9H,4,10,16H2,1-3H3. The molecule has 102 valence electrons. The molecule has 1 aromatic heterocycles. The number of para-hydroxylation sites is 1. The number of hydrogen-bond donors (Lipinski definition) is 1. The number of rotatable bonds is 5. The van der Waals surface area contributed by atoms with Crippen LogP contribution >= 0.6 is 0 Å². The zero-order chi connectivity index (χ0) is 13.8. The van der Waals surface area contributed by atoms with E-state index in [0.717, 1.165) is 23.0 Å². The molecule has 0 unspecified atom stereocenters. The summed E-state index contributed by atoms with van der Waals surface area (Å²) in [5, 5.41) is 0. The lowest BCUT2D eigenvalue weighted by molar-refractivity contribution is 0.342. The van der Waals surface area contributed by atoms with Gasteiger partial charge in [0.05, 0.1) is 24.5 Å². The highest BCUT2D eigenvalue weighted by atomic mass is 16.5. The fraction of sp³-hybridized carbons (Fsp3) is 0.333. The lowest BCUT2D eigenvalue weighted by Crippen LogP contribution is -2.17. The summed E-state index contributed by atoms with van der Waals surface area (Å²) in [4.78, 5) is 2.05. The van der Waals surface area contributed by atoms with Crippen molar-refractivity contribution in [3.63, 3.8) is 0 Å². The van der Waals surface area contributed by atoms with E-state index in [4.69, 9.17) is 14.9 Å². The maximum absolute atomic E-state index is 6.13. The van der Waals surface area contributed by atoms with Crippen molar-refractivity contribution in [2.24, 2.45) is 0 Å². The Morgan fingerprint density at radius 2 is 2.05 bits per heavy atom. The molecule has 0 spiro atoms. The number of aryl methyl sites for hydroxylation is 1. The van der Waals surface area contributed by atoms with Gasteiger partial charge in [0.1, 0.15) is 17.3 Å². The van der Waals surface area contributed by atoms with Gasteiger partial charge in [0, 0.05) is 7.05 Å². The number of anilines is 2. The minimum Gasteiger partial charge on any atom is -0.492 e. The van der Waals surface area contributed by atoms with Crippen molar-refractivity contribution in [3.8, 4) is 5.75 Å². The van der Waals surface area contributed by atoms with Gasteiger partial charge >= 0.3 is 0 Å². The van der Waals surface area contributed by atoms with Gasteiger partial charge in [-0.3, -0.25) is 0 Å². The summed E-state index contributed by atoms with van der Waals surface area (Å²) in [7, 11) is 1.99. The monoisotopic (exact) mass is 260 g/mol. The Morgan fingerprint density at radius 3 is 2.68 bits per heavy atom. The SMILES string of the molecule is CCOc1cccc(N(C)Cc2ccc(C)o2)c1N. The Hall–Kier alpha value is -2.10. The van der Waals surface area contributed by atoms with Gasteiger partial charge in [-0.1, -0.05) is 6.07 Å². The molecule has 1 heterocycles. The number of benzene rings is 1. The molecule has 4 heteroatoms. The molecule has 0 atom stereocenters. The van der Waals surface area contributed by atoms with Crippen LogP contribution in [0, 0.1) is 6.92 Å². The molecule has 0 amide bonds. The van der Waals surface area contributed by atoms with Crippen LogP contribution in [0.5, 0.6) is 5.75 Å². The van der Waals surface area contributed by atoms with E-state index in [0.29, 0.717) is 18.8 Å². The molecule has 2 N–H and O–H groups in total. The first-order chi connectivity index (χ1) is 9.11. The van der Waals surface area contributed by atoms with E-state index in [1.807, 2.05) is 51.2 Å². The molecule has 0 saturated heterocycles. The molecular formula is C15H20N2O2. The second-order valence-corrected chi connectivity index (χ2v) is 4.49. The maximum atomic E-state index is 6.13. The Labute approximate surface area is 113 Å². The summed E-state index contributed by atoms with van der Waals surface area (Å²) < 4.78 is 11.1. The van der Waals surface area contributed by atoms with Crippen molar-refractivity contribution < 1.29 is 9.15 Å². The predicted molar refractivity (Wildman–Crippen MR) is 77.6 cm³/mol. The highest BCUT2D eigenvalue weighted by Gasteiger charge is 2.11. The molecule has 0 aliphatic heterocycles. The molecule has 2 rings (SSSR count). The van der Waals surface area contributed by atoms with E-state index >= 15 is 0 Å². The minimum absolute atomic E-state index is 0.606. The van der Waals surface area contributed by atoms with E-state index in [-0.39, 0.29) is 0 Å². The first kappa shape index (κ1) is 13.3. The van der Waals surface area contributed by atoms with E-state index in [2.05, 4.69) is 4.90 Å². The highest BCUT2D eigenvalue weighted by Crippen LogP contribution is 2.32. The van der Waals surface area contributed by atoms with Crippen LogP contribution in [0.15, 0.2) is 34.7 Å². The van der Waals surface area contributed by atoms with Crippen molar-refractivity contribution in [2.45, 2.75) is 20.4 Å². The second-order valence-electron chi connectivity index (χ2n) is 4.49. The van der Waals surface area contributed by atoms with Gasteiger partial charge in [-0.25, -0.2) is 0 Å². The van der Waals surface area contributed by atoms with Crippen LogP contribution in [0.4, 0.5) is 11.4 Å². The van der Waals surface area contributed by atoms with E-state index in [1.165, 1.54) is 0 Å². The summed E-state index contributed by atoms with van der Waals surface area (Å²) in [6.07, 6.45) is 0. The van der Waals surface area contributed by atoms with Gasteiger partial charge in [0.15, 0.2) is 0 Å². The number of nitrogen functional groups attached to an aromatic ring is 1. The fourth-order valence-corrected chi connectivity index (χ4v) is 2.04. The average molecular weight is 260 g/mol. The Morgan fingerprint density at radius 1 is 1.26 bits per heavy atom. The van der Waals surface area contributed by atoms with Crippen LogP contribution in [-0.4, -0.2) is 13.7 Å². The zero-order valence-electron chi connectivity index (χ0n) is 11.6. The molecule has 0 bridgehead atoms. The second kappa shape index (κ2) is 5.69. The van der Waals surface area contributed by atoms with Crippen LogP contribution in [0.3, 0.4) is 0 Å². The molecule has 0 aliphatic carbocycles. The summed E-state index contributed by atoms with van der Waals surface area (Å²) in [5.41, 5.74) is 7.74. The van der Waals surface area contributed by atoms with Gasteiger partial charge in [-0.05, 0) is 38.1 Å². The van der Waals surface area contributed by atoms with Crippen LogP contribution in [0.25, 0.3) is 0 Å². The smallest absolute Gasteiger partial charge is 0.144 e. The van der Waals surface area contributed by atoms with Crippen LogP contribution < -0.4 is 15.4 Å². The van der Waals surface area contributed by atoms with Crippen molar-refractivity contribution in [1.82, 2.24) is 0 Å². The van der Waals surface area contributed by atoms with Gasteiger partial charge < -0.3 is 19.8 Å². The Kier molecular flexibility index (Phi) is 4.00. The number of furan rings is 1. The molecule has 1 aromatic carbocycles. The van der Waals surface area contributed by atoms with Crippen LogP contribution in [-0.2, 0) is 6.54 Å². The lowest BCUT2D eigenvalue weighted by Gasteiger charge is -2.21. The number of nitrogens with zero attached hydrogens (tertiary/aromatic N) is 1. The normalized spacial score (nSPS) is 10.5. The van der Waals surface area contributed by atoms with Crippen LogP contribution in [0.1, 0.15) is 18.4 Å². The van der Waals surface area contributed by atoms with Gasteiger partial charge in [-0.2, -0.15) is 0 Å². The number of nitrogens with two attached hydrogens (primary N) is 1. The van der Waals surface area contributed by atoms with Crippen molar-refractivity contribution in [3.05, 3.63) is 41.9 Å². The van der Waals surface area contributed by atoms with Crippen molar-refractivity contribution >= 4 is 11.4 Å². The van der Waals surface area contributed by atoms with E-state index in [1.54, 1.807) is 0 Å². The molecule has 4 nitrogen and oxygen atoms in total. The molecular weight excluding hydrogens is 240 g/mol.